The van der Waals surface area contributed by atoms with Crippen LogP contribution in [0.2, 0.25) is 0 Å². The largest absolute Gasteiger partial charge is 0.428 e. The molecule has 0 fully saturated rings. The minimum atomic E-state index is -0.540. The highest BCUT2D eigenvalue weighted by Crippen LogP contribution is 2.12. The third kappa shape index (κ3) is 2.85. The van der Waals surface area contributed by atoms with Crippen LogP contribution in [0, 0.1) is 13.8 Å². The van der Waals surface area contributed by atoms with Crippen LogP contribution in [0.1, 0.15) is 21.7 Å². The van der Waals surface area contributed by atoms with Gasteiger partial charge in [-0.3, -0.25) is 0 Å². The predicted molar refractivity (Wildman–Crippen MR) is 65.9 cm³/mol. The van der Waals surface area contributed by atoms with Crippen molar-refractivity contribution in [2.24, 2.45) is 0 Å². The lowest BCUT2D eigenvalue weighted by molar-refractivity contribution is 0.0733. The molecular weight excluding hydrogens is 232 g/mol. The molecule has 0 unspecified atom stereocenters. The third-order valence-corrected chi connectivity index (χ3v) is 2.37. The van der Waals surface area contributed by atoms with E-state index in [0.29, 0.717) is 11.3 Å². The van der Waals surface area contributed by atoms with Crippen LogP contribution in [0.4, 0.5) is 0 Å². The molecule has 18 heavy (non-hydrogen) atoms. The maximum Gasteiger partial charge on any atom is 0.343 e. The molecule has 0 spiro atoms. The second-order valence-corrected chi connectivity index (χ2v) is 3.98. The summed E-state index contributed by atoms with van der Waals surface area (Å²) in [5.74, 6) is 0.0866. The zero-order valence-corrected chi connectivity index (χ0v) is 10.1. The lowest BCUT2D eigenvalue weighted by Crippen LogP contribution is -2.10. The quantitative estimate of drug-likeness (QED) is 0.761. The number of hydrogen-bond donors (Lipinski definition) is 0. The van der Waals surface area contributed by atoms with E-state index in [-0.39, 0.29) is 5.75 Å². The number of benzene rings is 1. The summed E-state index contributed by atoms with van der Waals surface area (Å²) < 4.78 is 9.88. The molecule has 0 N–H and O–H groups in total. The maximum atomic E-state index is 11.8. The summed E-state index contributed by atoms with van der Waals surface area (Å²) in [4.78, 5) is 22.9. The topological polar surface area (TPSA) is 56.5 Å². The summed E-state index contributed by atoms with van der Waals surface area (Å²) in [5, 5.41) is 0. The molecule has 0 atom stereocenters. The zero-order valence-electron chi connectivity index (χ0n) is 10.1. The summed E-state index contributed by atoms with van der Waals surface area (Å²) in [7, 11) is 0. The van der Waals surface area contributed by atoms with Crippen LogP contribution in [0.25, 0.3) is 0 Å². The molecule has 4 heteroatoms. The number of aryl methyl sites for hydroxylation is 2. The lowest BCUT2D eigenvalue weighted by Gasteiger charge is -2.04. The van der Waals surface area contributed by atoms with Gasteiger partial charge < -0.3 is 9.15 Å². The molecule has 0 aliphatic carbocycles. The van der Waals surface area contributed by atoms with Gasteiger partial charge in [-0.15, -0.1) is 0 Å². The molecule has 0 amide bonds. The molecule has 0 saturated heterocycles. The first-order chi connectivity index (χ1) is 8.54. The third-order valence-electron chi connectivity index (χ3n) is 2.37. The van der Waals surface area contributed by atoms with Gasteiger partial charge in [-0.05, 0) is 26.0 Å². The van der Waals surface area contributed by atoms with Crippen molar-refractivity contribution in [1.82, 2.24) is 0 Å². The van der Waals surface area contributed by atoms with E-state index < -0.39 is 11.6 Å². The van der Waals surface area contributed by atoms with Gasteiger partial charge in [-0.25, -0.2) is 9.59 Å². The average molecular weight is 244 g/mol. The zero-order chi connectivity index (χ0) is 13.1. The van der Waals surface area contributed by atoms with Crippen molar-refractivity contribution in [1.29, 1.82) is 0 Å². The number of carbonyl (C=O) groups excluding carboxylic acids is 1. The molecule has 2 aromatic rings. The number of hydrogen-bond acceptors (Lipinski definition) is 4. The van der Waals surface area contributed by atoms with Crippen molar-refractivity contribution >= 4 is 5.97 Å². The van der Waals surface area contributed by atoms with Gasteiger partial charge in [0, 0.05) is 6.07 Å². The normalized spacial score (nSPS) is 10.1. The first kappa shape index (κ1) is 12.1. The first-order valence-corrected chi connectivity index (χ1v) is 5.45. The van der Waals surface area contributed by atoms with Gasteiger partial charge in [0.2, 0.25) is 0 Å². The van der Waals surface area contributed by atoms with Crippen LogP contribution in [0.15, 0.2) is 45.6 Å². The van der Waals surface area contributed by atoms with Crippen LogP contribution in [-0.2, 0) is 0 Å². The number of esters is 1. The van der Waals surface area contributed by atoms with Crippen molar-refractivity contribution in [3.8, 4) is 5.75 Å². The van der Waals surface area contributed by atoms with E-state index in [2.05, 4.69) is 0 Å². The van der Waals surface area contributed by atoms with Crippen molar-refractivity contribution < 1.29 is 13.9 Å². The van der Waals surface area contributed by atoms with Crippen LogP contribution in [-0.4, -0.2) is 5.97 Å². The summed E-state index contributed by atoms with van der Waals surface area (Å²) in [6, 6.07) is 9.63. The number of ether oxygens (including phenoxy) is 1. The summed E-state index contributed by atoms with van der Waals surface area (Å²) in [6.07, 6.45) is 0. The van der Waals surface area contributed by atoms with E-state index in [0.717, 1.165) is 11.6 Å². The summed E-state index contributed by atoms with van der Waals surface area (Å²) in [5.41, 5.74) is 0.955. The first-order valence-electron chi connectivity index (χ1n) is 5.45. The Kier molecular flexibility index (Phi) is 3.28. The van der Waals surface area contributed by atoms with Gasteiger partial charge in [0.15, 0.2) is 0 Å². The summed E-state index contributed by atoms with van der Waals surface area (Å²) >= 11 is 0. The second-order valence-electron chi connectivity index (χ2n) is 3.98. The Morgan fingerprint density at radius 3 is 2.39 bits per heavy atom. The van der Waals surface area contributed by atoms with E-state index in [4.69, 9.17) is 9.15 Å². The molecule has 0 aliphatic heterocycles. The Hall–Kier alpha value is -2.36. The molecule has 1 aromatic heterocycles. The Morgan fingerprint density at radius 1 is 1.11 bits per heavy atom. The SMILES string of the molecule is Cc1ccc(C(=O)Oc2cc(C)oc(=O)c2)cc1. The van der Waals surface area contributed by atoms with Crippen molar-refractivity contribution in [2.45, 2.75) is 13.8 Å². The van der Waals surface area contributed by atoms with Gasteiger partial charge in [-0.1, -0.05) is 17.7 Å². The molecule has 4 nitrogen and oxygen atoms in total. The van der Waals surface area contributed by atoms with Crippen LogP contribution < -0.4 is 10.4 Å². The second kappa shape index (κ2) is 4.87. The number of rotatable bonds is 2. The molecule has 0 saturated carbocycles. The molecule has 1 aromatic carbocycles. The molecule has 0 bridgehead atoms. The Labute approximate surface area is 104 Å². The van der Waals surface area contributed by atoms with E-state index in [1.165, 1.54) is 6.07 Å². The molecular formula is C14H12O4. The monoisotopic (exact) mass is 244 g/mol. The highest BCUT2D eigenvalue weighted by Gasteiger charge is 2.09. The lowest BCUT2D eigenvalue weighted by atomic mass is 10.1. The van der Waals surface area contributed by atoms with E-state index in [1.807, 2.05) is 19.1 Å². The molecule has 92 valence electrons. The van der Waals surface area contributed by atoms with Gasteiger partial charge >= 0.3 is 11.6 Å². The van der Waals surface area contributed by atoms with Crippen molar-refractivity contribution in [3.05, 3.63) is 63.7 Å². The highest BCUT2D eigenvalue weighted by atomic mass is 16.5. The Morgan fingerprint density at radius 2 is 1.78 bits per heavy atom. The van der Waals surface area contributed by atoms with Gasteiger partial charge in [0.1, 0.15) is 11.5 Å². The smallest absolute Gasteiger partial charge is 0.343 e. The summed E-state index contributed by atoms with van der Waals surface area (Å²) in [6.45, 7) is 3.55. The Bertz CT molecular complexity index is 623. The average Bonchev–Trinajstić information content (AvgIpc) is 2.28. The van der Waals surface area contributed by atoms with Gasteiger partial charge in [0.05, 0.1) is 11.6 Å². The van der Waals surface area contributed by atoms with Crippen LogP contribution in [0.3, 0.4) is 0 Å². The van der Waals surface area contributed by atoms with E-state index >= 15 is 0 Å². The fourth-order valence-electron chi connectivity index (χ4n) is 1.49. The highest BCUT2D eigenvalue weighted by molar-refractivity contribution is 5.91. The molecule has 1 heterocycles. The van der Waals surface area contributed by atoms with Gasteiger partial charge in [-0.2, -0.15) is 0 Å². The Balaban J connectivity index is 2.21. The van der Waals surface area contributed by atoms with Gasteiger partial charge in [0.25, 0.3) is 0 Å². The van der Waals surface area contributed by atoms with E-state index in [9.17, 15) is 9.59 Å². The molecule has 0 aliphatic rings. The van der Waals surface area contributed by atoms with Crippen molar-refractivity contribution in [2.75, 3.05) is 0 Å². The predicted octanol–water partition coefficient (Wildman–Crippen LogP) is 2.48. The van der Waals surface area contributed by atoms with Crippen LogP contribution >= 0.6 is 0 Å². The van der Waals surface area contributed by atoms with E-state index in [1.54, 1.807) is 19.1 Å². The standard InChI is InChI=1S/C14H12O4/c1-9-3-5-11(6-4-9)14(16)18-12-7-10(2)17-13(15)8-12/h3-8H,1-2H3. The maximum absolute atomic E-state index is 11.8. The van der Waals surface area contributed by atoms with Crippen LogP contribution in [0.5, 0.6) is 5.75 Å². The fraction of sp³-hybridized carbons (Fsp3) is 0.143. The molecule has 0 radical (unpaired) electrons. The minimum Gasteiger partial charge on any atom is -0.428 e. The number of carbonyl (C=O) groups is 1. The molecule has 2 rings (SSSR count). The minimum absolute atomic E-state index is 0.189. The van der Waals surface area contributed by atoms with Crippen molar-refractivity contribution in [3.63, 3.8) is 0 Å². The fourth-order valence-corrected chi connectivity index (χ4v) is 1.49.